The van der Waals surface area contributed by atoms with E-state index < -0.39 is 5.91 Å². The first-order valence-electron chi connectivity index (χ1n) is 6.73. The smallest absolute Gasteiger partial charge is 0.251 e. The number of hydrogen-bond donors (Lipinski definition) is 1. The zero-order chi connectivity index (χ0) is 16.1. The average molecular weight is 301 g/mol. The predicted molar refractivity (Wildman–Crippen MR) is 80.8 cm³/mol. The highest BCUT2D eigenvalue weighted by Crippen LogP contribution is 2.12. The number of amides is 1. The average Bonchev–Trinajstić information content (AvgIpc) is 2.54. The monoisotopic (exact) mass is 301 g/mol. The molecular formula is C17H16FNO3. The van der Waals surface area contributed by atoms with Crippen molar-refractivity contribution in [2.45, 2.75) is 6.92 Å². The van der Waals surface area contributed by atoms with Crippen LogP contribution in [0.2, 0.25) is 0 Å². The van der Waals surface area contributed by atoms with E-state index in [9.17, 15) is 14.0 Å². The summed E-state index contributed by atoms with van der Waals surface area (Å²) in [7, 11) is 1.54. The molecule has 0 heterocycles. The molecule has 5 heteroatoms. The number of halogens is 1. The summed E-state index contributed by atoms with van der Waals surface area (Å²) in [6.45, 7) is 1.45. The number of ether oxygens (including phenoxy) is 1. The number of carbonyl (C=O) groups excluding carboxylic acids is 2. The fourth-order valence-electron chi connectivity index (χ4n) is 1.93. The summed E-state index contributed by atoms with van der Waals surface area (Å²) >= 11 is 0. The van der Waals surface area contributed by atoms with Crippen molar-refractivity contribution in [2.24, 2.45) is 0 Å². The number of ketones is 1. The van der Waals surface area contributed by atoms with Gasteiger partial charge in [0.2, 0.25) is 0 Å². The molecule has 0 atom stereocenters. The van der Waals surface area contributed by atoms with Gasteiger partial charge in [0.05, 0.1) is 13.7 Å². The largest absolute Gasteiger partial charge is 0.497 e. The molecule has 0 bridgehead atoms. The fourth-order valence-corrected chi connectivity index (χ4v) is 1.93. The maximum Gasteiger partial charge on any atom is 0.251 e. The van der Waals surface area contributed by atoms with Crippen LogP contribution in [0, 0.1) is 12.7 Å². The van der Waals surface area contributed by atoms with Gasteiger partial charge < -0.3 is 10.1 Å². The van der Waals surface area contributed by atoms with Crippen LogP contribution in [0.15, 0.2) is 42.5 Å². The highest BCUT2D eigenvalue weighted by Gasteiger charge is 2.11. The second-order valence-electron chi connectivity index (χ2n) is 4.80. The van der Waals surface area contributed by atoms with Crippen LogP contribution in [0.1, 0.15) is 26.3 Å². The molecule has 0 saturated carbocycles. The Hall–Kier alpha value is -2.69. The maximum absolute atomic E-state index is 13.2. The Kier molecular flexibility index (Phi) is 4.88. The Morgan fingerprint density at radius 3 is 2.32 bits per heavy atom. The molecule has 0 radical (unpaired) electrons. The summed E-state index contributed by atoms with van der Waals surface area (Å²) in [4.78, 5) is 23.9. The van der Waals surface area contributed by atoms with Crippen LogP contribution in [0.5, 0.6) is 5.75 Å². The predicted octanol–water partition coefficient (Wildman–Crippen LogP) is 2.76. The van der Waals surface area contributed by atoms with Gasteiger partial charge in [0.25, 0.3) is 5.91 Å². The Morgan fingerprint density at radius 2 is 1.73 bits per heavy atom. The third-order valence-corrected chi connectivity index (χ3v) is 3.24. The van der Waals surface area contributed by atoms with Gasteiger partial charge in [-0.15, -0.1) is 0 Å². The molecule has 0 aliphatic carbocycles. The van der Waals surface area contributed by atoms with Gasteiger partial charge in [0, 0.05) is 11.1 Å². The van der Waals surface area contributed by atoms with E-state index in [2.05, 4.69) is 5.32 Å². The Morgan fingerprint density at radius 1 is 1.09 bits per heavy atom. The van der Waals surface area contributed by atoms with E-state index in [1.165, 1.54) is 18.2 Å². The van der Waals surface area contributed by atoms with Crippen molar-refractivity contribution in [3.05, 3.63) is 65.0 Å². The lowest BCUT2D eigenvalue weighted by Gasteiger charge is -2.06. The van der Waals surface area contributed by atoms with E-state index in [4.69, 9.17) is 4.74 Å². The summed E-state index contributed by atoms with van der Waals surface area (Å²) in [5, 5.41) is 2.53. The molecule has 0 fully saturated rings. The minimum absolute atomic E-state index is 0.123. The summed E-state index contributed by atoms with van der Waals surface area (Å²) in [6.07, 6.45) is 0. The lowest BCUT2D eigenvalue weighted by molar-refractivity contribution is 0.0904. The minimum Gasteiger partial charge on any atom is -0.497 e. The molecule has 4 nitrogen and oxygen atoms in total. The van der Waals surface area contributed by atoms with E-state index in [0.29, 0.717) is 22.4 Å². The van der Waals surface area contributed by atoms with Gasteiger partial charge in [-0.05, 0) is 55.0 Å². The van der Waals surface area contributed by atoms with Crippen molar-refractivity contribution in [3.63, 3.8) is 0 Å². The molecule has 2 aromatic rings. The van der Waals surface area contributed by atoms with Crippen molar-refractivity contribution in [1.29, 1.82) is 0 Å². The highest BCUT2D eigenvalue weighted by atomic mass is 19.1. The van der Waals surface area contributed by atoms with Crippen molar-refractivity contribution in [2.75, 3.05) is 13.7 Å². The van der Waals surface area contributed by atoms with E-state index >= 15 is 0 Å². The number of benzene rings is 2. The van der Waals surface area contributed by atoms with Gasteiger partial charge in [-0.1, -0.05) is 0 Å². The number of Topliss-reactive ketones (excluding diaryl/α,β-unsaturated/α-hetero) is 1. The minimum atomic E-state index is -0.412. The van der Waals surface area contributed by atoms with Crippen LogP contribution in [0.4, 0.5) is 4.39 Å². The molecule has 0 saturated heterocycles. The standard InChI is InChI=1S/C17H16FNO3/c1-11-9-13(5-8-15(11)18)17(21)19-10-16(20)12-3-6-14(22-2)7-4-12/h3-9H,10H2,1-2H3,(H,19,21). The molecule has 1 N–H and O–H groups in total. The van der Waals surface area contributed by atoms with Crippen molar-refractivity contribution in [3.8, 4) is 5.75 Å². The van der Waals surface area contributed by atoms with Crippen LogP contribution in [-0.4, -0.2) is 25.3 Å². The molecule has 0 aromatic heterocycles. The summed E-state index contributed by atoms with van der Waals surface area (Å²) in [6, 6.07) is 10.7. The van der Waals surface area contributed by atoms with E-state index in [1.54, 1.807) is 38.3 Å². The molecule has 0 aliphatic heterocycles. The van der Waals surface area contributed by atoms with Crippen molar-refractivity contribution in [1.82, 2.24) is 5.32 Å². The number of methoxy groups -OCH3 is 1. The van der Waals surface area contributed by atoms with Gasteiger partial charge in [-0.3, -0.25) is 9.59 Å². The quantitative estimate of drug-likeness (QED) is 0.864. The maximum atomic E-state index is 13.2. The molecule has 0 unspecified atom stereocenters. The molecule has 114 valence electrons. The Bertz CT molecular complexity index is 696. The first kappa shape index (κ1) is 15.7. The Labute approximate surface area is 127 Å². The fraction of sp³-hybridized carbons (Fsp3) is 0.176. The van der Waals surface area contributed by atoms with Gasteiger partial charge in [-0.25, -0.2) is 4.39 Å². The third-order valence-electron chi connectivity index (χ3n) is 3.24. The van der Waals surface area contributed by atoms with Gasteiger partial charge in [-0.2, -0.15) is 0 Å². The van der Waals surface area contributed by atoms with E-state index in [0.717, 1.165) is 0 Å². The van der Waals surface area contributed by atoms with E-state index in [-0.39, 0.29) is 18.1 Å². The highest BCUT2D eigenvalue weighted by molar-refractivity contribution is 6.02. The molecule has 2 aromatic carbocycles. The summed E-state index contributed by atoms with van der Waals surface area (Å²) < 4.78 is 18.2. The molecule has 1 amide bonds. The van der Waals surface area contributed by atoms with Crippen LogP contribution < -0.4 is 10.1 Å². The molecule has 2 rings (SSSR count). The SMILES string of the molecule is COc1ccc(C(=O)CNC(=O)c2ccc(F)c(C)c2)cc1. The van der Waals surface area contributed by atoms with Gasteiger partial charge in [0.1, 0.15) is 11.6 Å². The lowest BCUT2D eigenvalue weighted by atomic mass is 10.1. The van der Waals surface area contributed by atoms with E-state index in [1.807, 2.05) is 0 Å². The first-order chi connectivity index (χ1) is 10.5. The number of nitrogens with one attached hydrogen (secondary N) is 1. The van der Waals surface area contributed by atoms with Crippen LogP contribution >= 0.6 is 0 Å². The van der Waals surface area contributed by atoms with Crippen molar-refractivity contribution >= 4 is 11.7 Å². The van der Waals surface area contributed by atoms with Gasteiger partial charge >= 0.3 is 0 Å². The zero-order valence-corrected chi connectivity index (χ0v) is 12.4. The summed E-state index contributed by atoms with van der Waals surface area (Å²) in [5.41, 5.74) is 1.19. The first-order valence-corrected chi connectivity index (χ1v) is 6.73. The third kappa shape index (κ3) is 3.69. The second kappa shape index (κ2) is 6.85. The van der Waals surface area contributed by atoms with Crippen molar-refractivity contribution < 1.29 is 18.7 Å². The number of rotatable bonds is 5. The van der Waals surface area contributed by atoms with Crippen LogP contribution in [-0.2, 0) is 0 Å². The normalized spacial score (nSPS) is 10.1. The molecule has 0 spiro atoms. The van der Waals surface area contributed by atoms with Gasteiger partial charge in [0.15, 0.2) is 5.78 Å². The number of hydrogen-bond acceptors (Lipinski definition) is 3. The van der Waals surface area contributed by atoms with Crippen LogP contribution in [0.25, 0.3) is 0 Å². The topological polar surface area (TPSA) is 55.4 Å². The Balaban J connectivity index is 1.97. The molecular weight excluding hydrogens is 285 g/mol. The second-order valence-corrected chi connectivity index (χ2v) is 4.80. The molecule has 0 aliphatic rings. The molecule has 22 heavy (non-hydrogen) atoms. The lowest BCUT2D eigenvalue weighted by Crippen LogP contribution is -2.29. The number of carbonyl (C=O) groups is 2. The summed E-state index contributed by atoms with van der Waals surface area (Å²) in [5.74, 6) is -0.340. The van der Waals surface area contributed by atoms with Crippen LogP contribution in [0.3, 0.4) is 0 Å². The zero-order valence-electron chi connectivity index (χ0n) is 12.4. The number of aryl methyl sites for hydroxylation is 1.